The first-order valence-corrected chi connectivity index (χ1v) is 10.3. The van der Waals surface area contributed by atoms with E-state index in [1.807, 2.05) is 0 Å². The molecule has 2 saturated carbocycles. The third kappa shape index (κ3) is 2.30. The van der Waals surface area contributed by atoms with Crippen molar-refractivity contribution >= 4 is 8.25 Å². The van der Waals surface area contributed by atoms with E-state index in [1.165, 1.54) is 12.1 Å². The molecule has 1 aliphatic heterocycles. The number of hydrogen-bond donors (Lipinski definition) is 0. The van der Waals surface area contributed by atoms with Gasteiger partial charge in [-0.25, -0.2) is 0 Å². The largest absolute Gasteiger partial charge is 0.699 e. The van der Waals surface area contributed by atoms with Crippen molar-refractivity contribution in [2.45, 2.75) is 63.6 Å². The molecule has 2 aliphatic carbocycles. The zero-order valence-electron chi connectivity index (χ0n) is 15.9. The van der Waals surface area contributed by atoms with Crippen molar-refractivity contribution in [2.24, 2.45) is 16.7 Å². The Labute approximate surface area is 164 Å². The molecule has 29 heavy (non-hydrogen) atoms. The standard InChI is InChI=1S/C19H20F6O3P/c1-14(2)11-8-9-15(3,10-11)16(14)12-6-4-5-7-13(12)17(18(20,21)22,19(23,24)25)28-29(26)27-16/h4-7,11H,8-10H2,1-3H3/q+1/t11-,15+,16-/m0/s1. The zero-order valence-corrected chi connectivity index (χ0v) is 16.8. The van der Waals surface area contributed by atoms with Gasteiger partial charge in [0, 0.05) is 21.0 Å². The quantitative estimate of drug-likeness (QED) is 0.330. The Morgan fingerprint density at radius 2 is 1.52 bits per heavy atom. The number of alkyl halides is 6. The summed E-state index contributed by atoms with van der Waals surface area (Å²) in [5.41, 5.74) is -9.31. The molecule has 2 bridgehead atoms. The van der Waals surface area contributed by atoms with Crippen LogP contribution in [-0.2, 0) is 24.8 Å². The van der Waals surface area contributed by atoms with Crippen LogP contribution in [0.25, 0.3) is 0 Å². The second-order valence-corrected chi connectivity index (χ2v) is 9.84. The van der Waals surface area contributed by atoms with Gasteiger partial charge in [0.1, 0.15) is 0 Å². The molecule has 3 aliphatic rings. The summed E-state index contributed by atoms with van der Waals surface area (Å²) in [4.78, 5) is 0. The Balaban J connectivity index is 2.13. The number of halogens is 6. The summed E-state index contributed by atoms with van der Waals surface area (Å²) in [6.07, 6.45) is -9.92. The Morgan fingerprint density at radius 1 is 0.966 bits per heavy atom. The molecule has 160 valence electrons. The molecule has 0 amide bonds. The highest BCUT2D eigenvalue weighted by molar-refractivity contribution is 7.33. The molecule has 4 atom stereocenters. The van der Waals surface area contributed by atoms with Crippen molar-refractivity contribution in [1.29, 1.82) is 0 Å². The van der Waals surface area contributed by atoms with Crippen LogP contribution in [0.15, 0.2) is 24.3 Å². The van der Waals surface area contributed by atoms with E-state index in [0.717, 1.165) is 18.6 Å². The Morgan fingerprint density at radius 3 is 2.00 bits per heavy atom. The molecule has 1 unspecified atom stereocenters. The van der Waals surface area contributed by atoms with Gasteiger partial charge in [0.15, 0.2) is 5.60 Å². The fourth-order valence-corrected chi connectivity index (χ4v) is 7.49. The first-order chi connectivity index (χ1) is 13.1. The van der Waals surface area contributed by atoms with Crippen LogP contribution in [0.3, 0.4) is 0 Å². The summed E-state index contributed by atoms with van der Waals surface area (Å²) in [6.45, 7) is 5.31. The van der Waals surface area contributed by atoms with Crippen molar-refractivity contribution in [2.75, 3.05) is 0 Å². The molecule has 2 fully saturated rings. The van der Waals surface area contributed by atoms with Gasteiger partial charge in [-0.05, 0) is 30.7 Å². The number of hydrogen-bond acceptors (Lipinski definition) is 3. The van der Waals surface area contributed by atoms with E-state index in [2.05, 4.69) is 4.52 Å². The van der Waals surface area contributed by atoms with Crippen LogP contribution in [0.4, 0.5) is 26.3 Å². The SMILES string of the molecule is CC1(C)[C@H]2CC[C@](C)(C2)[C@@]12O[P+](=O)OC(C(F)(F)F)(C(F)(F)F)c1ccccc12. The van der Waals surface area contributed by atoms with Gasteiger partial charge in [0.05, 0.1) is 0 Å². The van der Waals surface area contributed by atoms with Crippen molar-refractivity contribution in [3.8, 4) is 0 Å². The third-order valence-corrected chi connectivity index (χ3v) is 8.27. The van der Waals surface area contributed by atoms with E-state index in [0.29, 0.717) is 12.8 Å². The second-order valence-electron chi connectivity index (χ2n) is 9.03. The predicted octanol–water partition coefficient (Wildman–Crippen LogP) is 6.75. The van der Waals surface area contributed by atoms with Gasteiger partial charge in [0.2, 0.25) is 0 Å². The highest BCUT2D eigenvalue weighted by atomic mass is 31.1. The molecule has 0 aromatic heterocycles. The Kier molecular flexibility index (Phi) is 4.17. The molecule has 1 spiro atoms. The van der Waals surface area contributed by atoms with Crippen molar-refractivity contribution in [3.05, 3.63) is 35.4 Å². The van der Waals surface area contributed by atoms with Crippen LogP contribution < -0.4 is 0 Å². The molecule has 0 radical (unpaired) electrons. The van der Waals surface area contributed by atoms with E-state index in [9.17, 15) is 30.9 Å². The number of benzene rings is 1. The lowest BCUT2D eigenvalue weighted by Crippen LogP contribution is -2.56. The van der Waals surface area contributed by atoms with Crippen LogP contribution in [-0.4, -0.2) is 12.4 Å². The second kappa shape index (κ2) is 5.74. The molecule has 1 aromatic carbocycles. The van der Waals surface area contributed by atoms with Crippen LogP contribution in [0, 0.1) is 16.7 Å². The van der Waals surface area contributed by atoms with E-state index in [1.54, 1.807) is 20.8 Å². The lowest BCUT2D eigenvalue weighted by atomic mass is 9.56. The topological polar surface area (TPSA) is 35.5 Å². The van der Waals surface area contributed by atoms with Crippen LogP contribution >= 0.6 is 8.25 Å². The van der Waals surface area contributed by atoms with E-state index in [4.69, 9.17) is 4.52 Å². The molecule has 1 heterocycles. The normalized spacial score (nSPS) is 36.9. The first-order valence-electron chi connectivity index (χ1n) is 9.23. The third-order valence-electron chi connectivity index (χ3n) is 7.43. The number of rotatable bonds is 0. The van der Waals surface area contributed by atoms with Crippen LogP contribution in [0.2, 0.25) is 0 Å². The summed E-state index contributed by atoms with van der Waals surface area (Å²) < 4.78 is 107. The maximum Gasteiger partial charge on any atom is 0.699 e. The summed E-state index contributed by atoms with van der Waals surface area (Å²) in [6, 6.07) is 4.47. The minimum Gasteiger partial charge on any atom is -0.167 e. The smallest absolute Gasteiger partial charge is 0.167 e. The Bertz CT molecular complexity index is 859. The van der Waals surface area contributed by atoms with Gasteiger partial charge in [-0.15, -0.1) is 4.52 Å². The predicted molar refractivity (Wildman–Crippen MR) is 90.9 cm³/mol. The summed E-state index contributed by atoms with van der Waals surface area (Å²) in [5, 5.41) is 0. The van der Waals surface area contributed by atoms with E-state index < -0.39 is 48.2 Å². The number of fused-ring (bicyclic) bond motifs is 5. The summed E-state index contributed by atoms with van der Waals surface area (Å²) in [7, 11) is -3.73. The first kappa shape index (κ1) is 21.1. The van der Waals surface area contributed by atoms with Crippen LogP contribution in [0.1, 0.15) is 51.2 Å². The van der Waals surface area contributed by atoms with E-state index >= 15 is 0 Å². The van der Waals surface area contributed by atoms with Crippen LogP contribution in [0.5, 0.6) is 0 Å². The molecule has 0 N–H and O–H groups in total. The maximum absolute atomic E-state index is 14.0. The fraction of sp³-hybridized carbons (Fsp3) is 0.684. The highest BCUT2D eigenvalue weighted by Gasteiger charge is 2.84. The highest BCUT2D eigenvalue weighted by Crippen LogP contribution is 2.77. The minimum atomic E-state index is -5.90. The summed E-state index contributed by atoms with van der Waals surface area (Å²) >= 11 is 0. The molecule has 3 nitrogen and oxygen atoms in total. The van der Waals surface area contributed by atoms with Gasteiger partial charge < -0.3 is 0 Å². The minimum absolute atomic E-state index is 0.00762. The van der Waals surface area contributed by atoms with Crippen molar-refractivity contribution < 1.29 is 40.0 Å². The Hall–Kier alpha value is -1.18. The van der Waals surface area contributed by atoms with Gasteiger partial charge in [-0.3, -0.25) is 0 Å². The maximum atomic E-state index is 14.0. The molecular weight excluding hydrogens is 421 g/mol. The molecule has 1 aromatic rings. The lowest BCUT2D eigenvalue weighted by Gasteiger charge is -2.50. The van der Waals surface area contributed by atoms with Gasteiger partial charge in [-0.1, -0.05) is 49.6 Å². The fourth-order valence-electron chi connectivity index (χ4n) is 6.15. The van der Waals surface area contributed by atoms with Crippen molar-refractivity contribution in [1.82, 2.24) is 0 Å². The average Bonchev–Trinajstić information content (AvgIpc) is 2.99. The van der Waals surface area contributed by atoms with Crippen molar-refractivity contribution in [3.63, 3.8) is 0 Å². The average molecular weight is 441 g/mol. The van der Waals surface area contributed by atoms with Gasteiger partial charge in [-0.2, -0.15) is 26.3 Å². The van der Waals surface area contributed by atoms with E-state index in [-0.39, 0.29) is 11.5 Å². The molecular formula is C19H20F6O3P+. The molecule has 4 rings (SSSR count). The van der Waals surface area contributed by atoms with Gasteiger partial charge in [0.25, 0.3) is 0 Å². The monoisotopic (exact) mass is 441 g/mol. The zero-order chi connectivity index (χ0) is 21.7. The summed E-state index contributed by atoms with van der Waals surface area (Å²) in [5.74, 6) is 0.00762. The van der Waals surface area contributed by atoms with Gasteiger partial charge >= 0.3 is 26.2 Å². The lowest BCUT2D eigenvalue weighted by molar-refractivity contribution is -0.365. The molecule has 10 heteroatoms. The molecule has 0 saturated heterocycles.